The molecule has 0 atom stereocenters. The van der Waals surface area contributed by atoms with Crippen molar-refractivity contribution in [1.29, 1.82) is 0 Å². The van der Waals surface area contributed by atoms with Gasteiger partial charge in [-0.1, -0.05) is 18.2 Å². The third-order valence-corrected chi connectivity index (χ3v) is 4.53. The molecule has 2 aromatic carbocycles. The highest BCUT2D eigenvalue weighted by atomic mass is 16.5. The van der Waals surface area contributed by atoms with E-state index in [1.807, 2.05) is 41.3 Å². The van der Waals surface area contributed by atoms with Crippen LogP contribution in [0.3, 0.4) is 0 Å². The predicted molar refractivity (Wildman–Crippen MR) is 116 cm³/mol. The van der Waals surface area contributed by atoms with Crippen LogP contribution in [0.15, 0.2) is 49.1 Å². The predicted octanol–water partition coefficient (Wildman–Crippen LogP) is 3.03. The maximum absolute atomic E-state index is 12.5. The van der Waals surface area contributed by atoms with Gasteiger partial charge in [-0.25, -0.2) is 0 Å². The van der Waals surface area contributed by atoms with E-state index in [0.29, 0.717) is 36.9 Å². The molecule has 0 heterocycles. The highest BCUT2D eigenvalue weighted by Crippen LogP contribution is 2.38. The zero-order valence-electron chi connectivity index (χ0n) is 18.1. The Hall–Kier alpha value is -3.19. The number of ether oxygens (including phenoxy) is 4. The van der Waals surface area contributed by atoms with Gasteiger partial charge in [0, 0.05) is 19.6 Å². The lowest BCUT2D eigenvalue weighted by Crippen LogP contribution is -2.36. The van der Waals surface area contributed by atoms with Crippen LogP contribution in [-0.2, 0) is 17.9 Å². The molecule has 2 aromatic rings. The van der Waals surface area contributed by atoms with Gasteiger partial charge >= 0.3 is 0 Å². The standard InChI is InChI=1S/C23H30N2O5/c1-6-11-25(15-17-7-9-19(27-2)10-8-17)16-22(26)24-14-18-12-20(28-3)23(30-5)21(13-18)29-4/h6-10,12-13H,1,11,14-16H2,2-5H3,(H,24,26). The molecule has 0 fully saturated rings. The summed E-state index contributed by atoms with van der Waals surface area (Å²) in [5.74, 6) is 2.34. The van der Waals surface area contributed by atoms with Crippen molar-refractivity contribution in [3.63, 3.8) is 0 Å². The first-order valence-electron chi connectivity index (χ1n) is 9.56. The van der Waals surface area contributed by atoms with E-state index in [2.05, 4.69) is 11.9 Å². The number of rotatable bonds is 12. The molecule has 1 amide bonds. The van der Waals surface area contributed by atoms with Crippen molar-refractivity contribution in [2.45, 2.75) is 13.1 Å². The molecule has 0 spiro atoms. The molecule has 0 aliphatic rings. The average Bonchev–Trinajstić information content (AvgIpc) is 2.77. The maximum Gasteiger partial charge on any atom is 0.234 e. The summed E-state index contributed by atoms with van der Waals surface area (Å²) in [6.07, 6.45) is 1.79. The zero-order chi connectivity index (χ0) is 21.9. The molecule has 30 heavy (non-hydrogen) atoms. The maximum atomic E-state index is 12.5. The van der Waals surface area contributed by atoms with Crippen molar-refractivity contribution in [2.75, 3.05) is 41.5 Å². The van der Waals surface area contributed by atoms with Gasteiger partial charge in [-0.15, -0.1) is 6.58 Å². The van der Waals surface area contributed by atoms with E-state index in [1.165, 1.54) is 0 Å². The largest absolute Gasteiger partial charge is 0.497 e. The van der Waals surface area contributed by atoms with Gasteiger partial charge in [0.15, 0.2) is 11.5 Å². The molecule has 2 rings (SSSR count). The first-order chi connectivity index (χ1) is 14.5. The van der Waals surface area contributed by atoms with E-state index in [-0.39, 0.29) is 12.5 Å². The molecular weight excluding hydrogens is 384 g/mol. The summed E-state index contributed by atoms with van der Waals surface area (Å²) >= 11 is 0. The summed E-state index contributed by atoms with van der Waals surface area (Å²) in [5.41, 5.74) is 1.94. The third-order valence-electron chi connectivity index (χ3n) is 4.53. The van der Waals surface area contributed by atoms with Gasteiger partial charge in [0.2, 0.25) is 11.7 Å². The Labute approximate surface area is 178 Å². The average molecular weight is 415 g/mol. The molecule has 0 aliphatic heterocycles. The van der Waals surface area contributed by atoms with Crippen molar-refractivity contribution in [1.82, 2.24) is 10.2 Å². The van der Waals surface area contributed by atoms with Gasteiger partial charge in [-0.05, 0) is 35.4 Å². The van der Waals surface area contributed by atoms with Crippen LogP contribution in [-0.4, -0.2) is 52.3 Å². The van der Waals surface area contributed by atoms with E-state index in [4.69, 9.17) is 18.9 Å². The fraction of sp³-hybridized carbons (Fsp3) is 0.348. The van der Waals surface area contributed by atoms with Crippen LogP contribution in [0.2, 0.25) is 0 Å². The Morgan fingerprint density at radius 1 is 0.967 bits per heavy atom. The van der Waals surface area contributed by atoms with Crippen LogP contribution in [0, 0.1) is 0 Å². The summed E-state index contributed by atoms with van der Waals surface area (Å²) in [6.45, 7) is 5.62. The van der Waals surface area contributed by atoms with Gasteiger partial charge < -0.3 is 24.3 Å². The number of carbonyl (C=O) groups is 1. The normalized spacial score (nSPS) is 10.4. The van der Waals surface area contributed by atoms with Crippen molar-refractivity contribution < 1.29 is 23.7 Å². The van der Waals surface area contributed by atoms with Crippen LogP contribution < -0.4 is 24.3 Å². The van der Waals surface area contributed by atoms with Gasteiger partial charge in [-0.2, -0.15) is 0 Å². The second-order valence-corrected chi connectivity index (χ2v) is 6.62. The smallest absolute Gasteiger partial charge is 0.234 e. The molecule has 7 nitrogen and oxygen atoms in total. The molecule has 7 heteroatoms. The van der Waals surface area contributed by atoms with E-state index < -0.39 is 0 Å². The van der Waals surface area contributed by atoms with Crippen LogP contribution in [0.5, 0.6) is 23.0 Å². The van der Waals surface area contributed by atoms with Crippen molar-refractivity contribution in [3.8, 4) is 23.0 Å². The Morgan fingerprint density at radius 3 is 2.10 bits per heavy atom. The summed E-state index contributed by atoms with van der Waals surface area (Å²) in [4.78, 5) is 14.5. The van der Waals surface area contributed by atoms with Crippen LogP contribution in [0.4, 0.5) is 0 Å². The molecule has 1 N–H and O–H groups in total. The molecule has 162 valence electrons. The lowest BCUT2D eigenvalue weighted by atomic mass is 10.1. The number of nitrogens with one attached hydrogen (secondary N) is 1. The van der Waals surface area contributed by atoms with Crippen LogP contribution in [0.25, 0.3) is 0 Å². The second kappa shape index (κ2) is 11.7. The van der Waals surface area contributed by atoms with Crippen molar-refractivity contribution in [3.05, 3.63) is 60.2 Å². The van der Waals surface area contributed by atoms with E-state index in [0.717, 1.165) is 16.9 Å². The minimum atomic E-state index is -0.0842. The number of benzene rings is 2. The highest BCUT2D eigenvalue weighted by molar-refractivity contribution is 5.78. The number of carbonyl (C=O) groups excluding carboxylic acids is 1. The topological polar surface area (TPSA) is 69.3 Å². The van der Waals surface area contributed by atoms with Gasteiger partial charge in [0.05, 0.1) is 35.0 Å². The van der Waals surface area contributed by atoms with Gasteiger partial charge in [-0.3, -0.25) is 9.69 Å². The fourth-order valence-electron chi connectivity index (χ4n) is 3.05. The van der Waals surface area contributed by atoms with Gasteiger partial charge in [0.1, 0.15) is 5.75 Å². The van der Waals surface area contributed by atoms with Crippen molar-refractivity contribution in [2.24, 2.45) is 0 Å². The lowest BCUT2D eigenvalue weighted by Gasteiger charge is -2.20. The number of methoxy groups -OCH3 is 4. The molecule has 0 radical (unpaired) electrons. The van der Waals surface area contributed by atoms with Crippen LogP contribution >= 0.6 is 0 Å². The quantitative estimate of drug-likeness (QED) is 0.539. The Morgan fingerprint density at radius 2 is 1.60 bits per heavy atom. The summed E-state index contributed by atoms with van der Waals surface area (Å²) in [5, 5.41) is 2.95. The molecule has 0 saturated heterocycles. The second-order valence-electron chi connectivity index (χ2n) is 6.62. The molecular formula is C23H30N2O5. The molecule has 0 aromatic heterocycles. The number of hydrogen-bond donors (Lipinski definition) is 1. The van der Waals surface area contributed by atoms with E-state index in [9.17, 15) is 4.79 Å². The summed E-state index contributed by atoms with van der Waals surface area (Å²) in [6, 6.07) is 11.4. The highest BCUT2D eigenvalue weighted by Gasteiger charge is 2.15. The first kappa shape index (κ1) is 23.1. The number of hydrogen-bond acceptors (Lipinski definition) is 6. The lowest BCUT2D eigenvalue weighted by molar-refractivity contribution is -0.122. The number of amides is 1. The van der Waals surface area contributed by atoms with Crippen LogP contribution in [0.1, 0.15) is 11.1 Å². The molecule has 0 unspecified atom stereocenters. The molecule has 0 saturated carbocycles. The summed E-state index contributed by atoms with van der Waals surface area (Å²) in [7, 11) is 6.31. The molecule has 0 bridgehead atoms. The number of nitrogens with zero attached hydrogens (tertiary/aromatic N) is 1. The van der Waals surface area contributed by atoms with E-state index >= 15 is 0 Å². The Balaban J connectivity index is 1.99. The zero-order valence-corrected chi connectivity index (χ0v) is 18.1. The fourth-order valence-corrected chi connectivity index (χ4v) is 3.05. The monoisotopic (exact) mass is 414 g/mol. The minimum absolute atomic E-state index is 0.0842. The third kappa shape index (κ3) is 6.42. The minimum Gasteiger partial charge on any atom is -0.497 e. The van der Waals surface area contributed by atoms with Crippen molar-refractivity contribution >= 4 is 5.91 Å². The van der Waals surface area contributed by atoms with E-state index in [1.54, 1.807) is 34.5 Å². The van der Waals surface area contributed by atoms with Gasteiger partial charge in [0.25, 0.3) is 0 Å². The first-order valence-corrected chi connectivity index (χ1v) is 9.56. The Kier molecular flexibility index (Phi) is 9.03. The molecule has 0 aliphatic carbocycles. The Bertz CT molecular complexity index is 811. The SMILES string of the molecule is C=CCN(CC(=O)NCc1cc(OC)c(OC)c(OC)c1)Cc1ccc(OC)cc1. The summed E-state index contributed by atoms with van der Waals surface area (Å²) < 4.78 is 21.2.